The average molecular weight is 346 g/mol. The van der Waals surface area contributed by atoms with Crippen LogP contribution in [0.5, 0.6) is 5.75 Å². The van der Waals surface area contributed by atoms with Crippen molar-refractivity contribution in [2.75, 3.05) is 23.3 Å². The zero-order valence-electron chi connectivity index (χ0n) is 13.5. The van der Waals surface area contributed by atoms with Crippen LogP contribution < -0.4 is 15.0 Å². The Hall–Kier alpha value is -2.27. The van der Waals surface area contributed by atoms with Crippen LogP contribution in [0.25, 0.3) is 0 Å². The van der Waals surface area contributed by atoms with E-state index in [9.17, 15) is 4.79 Å². The predicted octanol–water partition coefficient (Wildman–Crippen LogP) is 3.74. The normalized spacial score (nSPS) is 15.2. The minimum atomic E-state index is -0.664. The first-order valence-electron chi connectivity index (χ1n) is 8.06. The van der Waals surface area contributed by atoms with Crippen molar-refractivity contribution < 1.29 is 9.53 Å². The third kappa shape index (κ3) is 3.97. The average Bonchev–Trinajstić information content (AvgIpc) is 3.12. The number of anilines is 2. The Bertz CT molecular complexity index is 700. The topological polar surface area (TPSA) is 54.5 Å². The number of ether oxygens (including phenoxy) is 1. The van der Waals surface area contributed by atoms with Gasteiger partial charge in [0.2, 0.25) is 0 Å². The number of para-hydroxylation sites is 1. The lowest BCUT2D eigenvalue weighted by atomic mass is 10.3. The van der Waals surface area contributed by atoms with E-state index in [1.54, 1.807) is 25.3 Å². The van der Waals surface area contributed by atoms with Crippen molar-refractivity contribution in [2.24, 2.45) is 0 Å². The van der Waals surface area contributed by atoms with E-state index in [4.69, 9.17) is 16.3 Å². The highest BCUT2D eigenvalue weighted by molar-refractivity contribution is 6.32. The SMILES string of the molecule is C[C@H](Oc1ccccc1Cl)C(=O)Nc1ccc(N2CCCC2)nc1. The van der Waals surface area contributed by atoms with E-state index in [1.165, 1.54) is 12.8 Å². The summed E-state index contributed by atoms with van der Waals surface area (Å²) in [5, 5.41) is 3.29. The minimum absolute atomic E-state index is 0.245. The molecule has 5 nitrogen and oxygen atoms in total. The monoisotopic (exact) mass is 345 g/mol. The number of nitrogens with one attached hydrogen (secondary N) is 1. The van der Waals surface area contributed by atoms with Crippen molar-refractivity contribution in [2.45, 2.75) is 25.9 Å². The number of amides is 1. The standard InChI is InChI=1S/C18H20ClN3O2/c1-13(24-16-7-3-2-6-15(16)19)18(23)21-14-8-9-17(20-12-14)22-10-4-5-11-22/h2-3,6-9,12-13H,4-5,10-11H2,1H3,(H,21,23)/t13-/m0/s1. The van der Waals surface area contributed by atoms with Crippen LogP contribution in [0.1, 0.15) is 19.8 Å². The Labute approximate surface area is 146 Å². The quantitative estimate of drug-likeness (QED) is 0.896. The second-order valence-electron chi connectivity index (χ2n) is 5.78. The van der Waals surface area contributed by atoms with Gasteiger partial charge in [-0.3, -0.25) is 4.79 Å². The summed E-state index contributed by atoms with van der Waals surface area (Å²) in [7, 11) is 0. The molecule has 0 bridgehead atoms. The molecule has 1 saturated heterocycles. The molecule has 24 heavy (non-hydrogen) atoms. The summed E-state index contributed by atoms with van der Waals surface area (Å²) in [6.07, 6.45) is 3.42. The van der Waals surface area contributed by atoms with Crippen LogP contribution in [0.3, 0.4) is 0 Å². The number of benzene rings is 1. The highest BCUT2D eigenvalue weighted by Gasteiger charge is 2.17. The van der Waals surface area contributed by atoms with Gasteiger partial charge in [0.05, 0.1) is 16.9 Å². The van der Waals surface area contributed by atoms with Gasteiger partial charge in [-0.2, -0.15) is 0 Å². The van der Waals surface area contributed by atoms with E-state index in [0.717, 1.165) is 18.9 Å². The van der Waals surface area contributed by atoms with E-state index in [-0.39, 0.29) is 5.91 Å². The molecule has 1 amide bonds. The fourth-order valence-electron chi connectivity index (χ4n) is 2.62. The van der Waals surface area contributed by atoms with Gasteiger partial charge in [-0.05, 0) is 44.0 Å². The molecule has 3 rings (SSSR count). The van der Waals surface area contributed by atoms with E-state index in [1.807, 2.05) is 24.3 Å². The van der Waals surface area contributed by atoms with Gasteiger partial charge >= 0.3 is 0 Å². The smallest absolute Gasteiger partial charge is 0.265 e. The van der Waals surface area contributed by atoms with Gasteiger partial charge in [-0.1, -0.05) is 23.7 Å². The number of hydrogen-bond acceptors (Lipinski definition) is 4. The zero-order valence-corrected chi connectivity index (χ0v) is 14.3. The Balaban J connectivity index is 1.58. The van der Waals surface area contributed by atoms with Gasteiger partial charge in [0.15, 0.2) is 6.10 Å². The van der Waals surface area contributed by atoms with Crippen LogP contribution in [-0.2, 0) is 4.79 Å². The second-order valence-corrected chi connectivity index (χ2v) is 6.19. The molecule has 0 unspecified atom stereocenters. The predicted molar refractivity (Wildman–Crippen MR) is 95.9 cm³/mol. The van der Waals surface area contributed by atoms with E-state index in [2.05, 4.69) is 15.2 Å². The summed E-state index contributed by atoms with van der Waals surface area (Å²) in [6, 6.07) is 10.9. The fraction of sp³-hybridized carbons (Fsp3) is 0.333. The number of pyridine rings is 1. The van der Waals surface area contributed by atoms with Crippen LogP contribution in [0, 0.1) is 0 Å². The molecule has 1 aromatic carbocycles. The van der Waals surface area contributed by atoms with Gasteiger partial charge < -0.3 is 15.0 Å². The molecule has 1 aromatic heterocycles. The Kier molecular flexibility index (Phi) is 5.20. The van der Waals surface area contributed by atoms with E-state index < -0.39 is 6.10 Å². The first kappa shape index (κ1) is 16.6. The van der Waals surface area contributed by atoms with E-state index >= 15 is 0 Å². The molecule has 126 valence electrons. The van der Waals surface area contributed by atoms with Crippen molar-refractivity contribution in [3.8, 4) is 5.75 Å². The van der Waals surface area contributed by atoms with Crippen LogP contribution in [-0.4, -0.2) is 30.1 Å². The Morgan fingerprint density at radius 3 is 2.67 bits per heavy atom. The lowest BCUT2D eigenvalue weighted by molar-refractivity contribution is -0.122. The van der Waals surface area contributed by atoms with Crippen molar-refractivity contribution in [3.05, 3.63) is 47.6 Å². The molecule has 2 heterocycles. The fourth-order valence-corrected chi connectivity index (χ4v) is 2.80. The van der Waals surface area contributed by atoms with Gasteiger partial charge in [0, 0.05) is 13.1 Å². The molecular formula is C18H20ClN3O2. The number of rotatable bonds is 5. The van der Waals surface area contributed by atoms with Crippen molar-refractivity contribution in [3.63, 3.8) is 0 Å². The van der Waals surface area contributed by atoms with Crippen molar-refractivity contribution >= 4 is 29.0 Å². The van der Waals surface area contributed by atoms with Gasteiger partial charge in [0.1, 0.15) is 11.6 Å². The lowest BCUT2D eigenvalue weighted by Gasteiger charge is -2.17. The Morgan fingerprint density at radius 2 is 2.00 bits per heavy atom. The minimum Gasteiger partial charge on any atom is -0.479 e. The number of carbonyl (C=O) groups is 1. The molecule has 1 aliphatic heterocycles. The molecule has 1 fully saturated rings. The molecular weight excluding hydrogens is 326 g/mol. The molecule has 1 aliphatic rings. The first-order chi connectivity index (χ1) is 11.6. The lowest BCUT2D eigenvalue weighted by Crippen LogP contribution is -2.30. The summed E-state index contributed by atoms with van der Waals surface area (Å²) in [6.45, 7) is 3.77. The van der Waals surface area contributed by atoms with Gasteiger partial charge in [-0.15, -0.1) is 0 Å². The van der Waals surface area contributed by atoms with Crippen LogP contribution in [0.4, 0.5) is 11.5 Å². The third-order valence-electron chi connectivity index (χ3n) is 3.96. The maximum Gasteiger partial charge on any atom is 0.265 e. The van der Waals surface area contributed by atoms with Crippen molar-refractivity contribution in [1.82, 2.24) is 4.98 Å². The van der Waals surface area contributed by atoms with Gasteiger partial charge in [0.25, 0.3) is 5.91 Å². The highest BCUT2D eigenvalue weighted by Crippen LogP contribution is 2.24. The molecule has 6 heteroatoms. The molecule has 2 aromatic rings. The number of carbonyl (C=O) groups excluding carboxylic acids is 1. The molecule has 0 saturated carbocycles. The van der Waals surface area contributed by atoms with Crippen LogP contribution in [0.2, 0.25) is 5.02 Å². The largest absolute Gasteiger partial charge is 0.479 e. The summed E-state index contributed by atoms with van der Waals surface area (Å²) >= 11 is 6.04. The molecule has 0 radical (unpaired) electrons. The zero-order chi connectivity index (χ0) is 16.9. The second kappa shape index (κ2) is 7.53. The molecule has 0 aliphatic carbocycles. The molecule has 1 N–H and O–H groups in total. The number of halogens is 1. The number of aromatic nitrogens is 1. The van der Waals surface area contributed by atoms with Gasteiger partial charge in [-0.25, -0.2) is 4.98 Å². The maximum atomic E-state index is 12.3. The number of hydrogen-bond donors (Lipinski definition) is 1. The van der Waals surface area contributed by atoms with Crippen LogP contribution in [0.15, 0.2) is 42.6 Å². The van der Waals surface area contributed by atoms with E-state index in [0.29, 0.717) is 16.5 Å². The first-order valence-corrected chi connectivity index (χ1v) is 8.44. The summed E-state index contributed by atoms with van der Waals surface area (Å²) < 4.78 is 5.61. The number of nitrogens with zero attached hydrogens (tertiary/aromatic N) is 2. The highest BCUT2D eigenvalue weighted by atomic mass is 35.5. The van der Waals surface area contributed by atoms with Crippen molar-refractivity contribution in [1.29, 1.82) is 0 Å². The summed E-state index contributed by atoms with van der Waals surface area (Å²) in [5.74, 6) is 1.20. The maximum absolute atomic E-state index is 12.3. The summed E-state index contributed by atoms with van der Waals surface area (Å²) in [4.78, 5) is 18.9. The molecule has 1 atom stereocenters. The summed E-state index contributed by atoms with van der Waals surface area (Å²) in [5.41, 5.74) is 0.651. The van der Waals surface area contributed by atoms with Crippen LogP contribution >= 0.6 is 11.6 Å². The Morgan fingerprint density at radius 1 is 1.25 bits per heavy atom. The molecule has 0 spiro atoms. The third-order valence-corrected chi connectivity index (χ3v) is 4.27.